The van der Waals surface area contributed by atoms with Crippen molar-refractivity contribution in [3.63, 3.8) is 0 Å². The van der Waals surface area contributed by atoms with E-state index in [0.717, 1.165) is 19.0 Å². The van der Waals surface area contributed by atoms with Crippen molar-refractivity contribution in [3.8, 4) is 0 Å². The van der Waals surface area contributed by atoms with Crippen LogP contribution in [0.4, 0.5) is 14.5 Å². The fraction of sp³-hybridized carbons (Fsp3) is 0.786. The number of ether oxygens (including phenoxy) is 1. The van der Waals surface area contributed by atoms with Crippen LogP contribution < -0.4 is 0 Å². The maximum absolute atomic E-state index is 12.8. The predicted molar refractivity (Wildman–Crippen MR) is 77.3 cm³/mol. The predicted octanol–water partition coefficient (Wildman–Crippen LogP) is 2.86. The van der Waals surface area contributed by atoms with Crippen molar-refractivity contribution < 1.29 is 23.5 Å². The number of hydrogen-bond donors (Lipinski definition) is 1. The van der Waals surface area contributed by atoms with Crippen molar-refractivity contribution in [1.82, 2.24) is 9.78 Å². The summed E-state index contributed by atoms with van der Waals surface area (Å²) in [4.78, 5) is 10.0. The Morgan fingerprint density at radius 1 is 1.48 bits per heavy atom. The van der Waals surface area contributed by atoms with Gasteiger partial charge in [-0.15, -0.1) is 0 Å². The van der Waals surface area contributed by atoms with Crippen LogP contribution in [0, 0.1) is 16.0 Å². The van der Waals surface area contributed by atoms with Crippen molar-refractivity contribution in [2.24, 2.45) is 5.92 Å². The molecule has 0 saturated heterocycles. The van der Waals surface area contributed by atoms with Gasteiger partial charge in [-0.05, 0) is 38.5 Å². The zero-order valence-corrected chi connectivity index (χ0v) is 12.9. The first-order valence-electron chi connectivity index (χ1n) is 7.66. The molecule has 1 aromatic heterocycles. The van der Waals surface area contributed by atoms with Crippen molar-refractivity contribution in [2.45, 2.75) is 51.2 Å². The summed E-state index contributed by atoms with van der Waals surface area (Å²) in [5.41, 5.74) is -1.39. The van der Waals surface area contributed by atoms with Gasteiger partial charge in [0, 0.05) is 6.61 Å². The molecule has 1 saturated carbocycles. The van der Waals surface area contributed by atoms with Gasteiger partial charge in [-0.25, -0.2) is 8.78 Å². The van der Waals surface area contributed by atoms with E-state index < -0.39 is 22.7 Å². The normalized spacial score (nSPS) is 23.2. The number of aromatic nitrogens is 2. The molecule has 1 atom stereocenters. The molecule has 0 spiro atoms. The van der Waals surface area contributed by atoms with E-state index in [2.05, 4.69) is 5.10 Å². The standard InChI is InChI=1S/C14H21F2N3O4/c1-9(7-20)23-8-10-2-4-11(5-3-10)18-6-12(19(21)22)13(17-18)14(15)16/h6,9-11,14,20H,2-5,7-8H2,1H3. The van der Waals surface area contributed by atoms with Gasteiger partial charge >= 0.3 is 5.69 Å². The highest BCUT2D eigenvalue weighted by atomic mass is 19.3. The Hall–Kier alpha value is -1.61. The first-order chi connectivity index (χ1) is 10.9. The molecule has 130 valence electrons. The lowest BCUT2D eigenvalue weighted by molar-refractivity contribution is -0.386. The average Bonchev–Trinajstić information content (AvgIpc) is 2.99. The Morgan fingerprint density at radius 3 is 2.61 bits per heavy atom. The van der Waals surface area contributed by atoms with Crippen LogP contribution in [0.25, 0.3) is 0 Å². The van der Waals surface area contributed by atoms with Gasteiger partial charge in [-0.1, -0.05) is 0 Å². The zero-order chi connectivity index (χ0) is 17.0. The van der Waals surface area contributed by atoms with Gasteiger partial charge < -0.3 is 9.84 Å². The summed E-state index contributed by atoms with van der Waals surface area (Å²) in [5.74, 6) is 0.348. The molecule has 1 fully saturated rings. The van der Waals surface area contributed by atoms with Crippen molar-refractivity contribution in [3.05, 3.63) is 22.0 Å². The third-order valence-electron chi connectivity index (χ3n) is 4.21. The van der Waals surface area contributed by atoms with E-state index in [1.54, 1.807) is 6.92 Å². The number of nitrogens with zero attached hydrogens (tertiary/aromatic N) is 3. The molecule has 2 rings (SSSR count). The van der Waals surface area contributed by atoms with E-state index in [0.29, 0.717) is 25.4 Å². The van der Waals surface area contributed by atoms with E-state index in [-0.39, 0.29) is 18.8 Å². The minimum absolute atomic E-state index is 0.0251. The third kappa shape index (κ3) is 4.44. The SMILES string of the molecule is CC(CO)OCC1CCC(n2cc([N+](=O)[O-])c(C(F)F)n2)CC1. The van der Waals surface area contributed by atoms with Gasteiger partial charge in [0.2, 0.25) is 5.69 Å². The molecule has 1 aliphatic carbocycles. The molecule has 0 amide bonds. The lowest BCUT2D eigenvalue weighted by Gasteiger charge is -2.29. The number of aliphatic hydroxyl groups excluding tert-OH is 1. The molecule has 0 radical (unpaired) electrons. The second-order valence-electron chi connectivity index (χ2n) is 5.94. The largest absolute Gasteiger partial charge is 0.394 e. The molecular formula is C14H21F2N3O4. The first kappa shape index (κ1) is 17.7. The third-order valence-corrected chi connectivity index (χ3v) is 4.21. The number of hydrogen-bond acceptors (Lipinski definition) is 5. The lowest BCUT2D eigenvalue weighted by atomic mass is 9.86. The number of alkyl halides is 2. The van der Waals surface area contributed by atoms with Crippen LogP contribution in [0.1, 0.15) is 50.8 Å². The van der Waals surface area contributed by atoms with E-state index >= 15 is 0 Å². The summed E-state index contributed by atoms with van der Waals surface area (Å²) in [6.07, 6.45) is 1.04. The van der Waals surface area contributed by atoms with Gasteiger partial charge in [-0.2, -0.15) is 5.10 Å². The molecule has 1 aliphatic rings. The van der Waals surface area contributed by atoms with Gasteiger partial charge in [-0.3, -0.25) is 14.8 Å². The number of nitro groups is 1. The Bertz CT molecular complexity index is 530. The minimum Gasteiger partial charge on any atom is -0.394 e. The second kappa shape index (κ2) is 7.78. The molecule has 1 aromatic rings. The number of rotatable bonds is 7. The Morgan fingerprint density at radius 2 is 2.13 bits per heavy atom. The quantitative estimate of drug-likeness (QED) is 0.612. The van der Waals surface area contributed by atoms with Crippen LogP contribution in [-0.4, -0.2) is 39.1 Å². The van der Waals surface area contributed by atoms with Crippen LogP contribution in [0.3, 0.4) is 0 Å². The van der Waals surface area contributed by atoms with Gasteiger partial charge in [0.05, 0.1) is 23.7 Å². The summed E-state index contributed by atoms with van der Waals surface area (Å²) in [7, 11) is 0. The molecule has 7 nitrogen and oxygen atoms in total. The molecule has 1 heterocycles. The second-order valence-corrected chi connectivity index (χ2v) is 5.94. The highest BCUT2D eigenvalue weighted by molar-refractivity contribution is 5.33. The summed E-state index contributed by atoms with van der Waals surface area (Å²) in [6, 6.07) is -0.104. The number of aliphatic hydroxyl groups is 1. The Labute approximate surface area is 132 Å². The van der Waals surface area contributed by atoms with Gasteiger partial charge in [0.25, 0.3) is 6.43 Å². The van der Waals surface area contributed by atoms with Crippen molar-refractivity contribution in [2.75, 3.05) is 13.2 Å². The van der Waals surface area contributed by atoms with Crippen LogP contribution >= 0.6 is 0 Å². The molecule has 23 heavy (non-hydrogen) atoms. The smallest absolute Gasteiger partial charge is 0.316 e. The summed E-state index contributed by atoms with van der Waals surface area (Å²) >= 11 is 0. The fourth-order valence-corrected chi connectivity index (χ4v) is 2.81. The van der Waals surface area contributed by atoms with E-state index in [9.17, 15) is 18.9 Å². The van der Waals surface area contributed by atoms with E-state index in [1.165, 1.54) is 4.68 Å². The molecule has 1 unspecified atom stereocenters. The highest BCUT2D eigenvalue weighted by Crippen LogP contribution is 2.35. The monoisotopic (exact) mass is 333 g/mol. The minimum atomic E-state index is -2.96. The van der Waals surface area contributed by atoms with Crippen molar-refractivity contribution >= 4 is 5.69 Å². The van der Waals surface area contributed by atoms with Crippen LogP contribution in [0.15, 0.2) is 6.20 Å². The lowest BCUT2D eigenvalue weighted by Crippen LogP contribution is -2.24. The van der Waals surface area contributed by atoms with Crippen LogP contribution in [-0.2, 0) is 4.74 Å². The summed E-state index contributed by atoms with van der Waals surface area (Å²) in [6.45, 7) is 2.32. The molecule has 9 heteroatoms. The van der Waals surface area contributed by atoms with Crippen LogP contribution in [0.2, 0.25) is 0 Å². The zero-order valence-electron chi connectivity index (χ0n) is 12.9. The first-order valence-corrected chi connectivity index (χ1v) is 7.66. The van der Waals surface area contributed by atoms with E-state index in [1.807, 2.05) is 0 Å². The maximum atomic E-state index is 12.8. The molecular weight excluding hydrogens is 312 g/mol. The van der Waals surface area contributed by atoms with E-state index in [4.69, 9.17) is 9.84 Å². The Kier molecular flexibility index (Phi) is 6.00. The van der Waals surface area contributed by atoms with Crippen molar-refractivity contribution in [1.29, 1.82) is 0 Å². The molecule has 0 aliphatic heterocycles. The molecule has 1 N–H and O–H groups in total. The van der Waals surface area contributed by atoms with Crippen LogP contribution in [0.5, 0.6) is 0 Å². The summed E-state index contributed by atoms with van der Waals surface area (Å²) in [5, 5.41) is 23.5. The highest BCUT2D eigenvalue weighted by Gasteiger charge is 2.30. The summed E-state index contributed by atoms with van der Waals surface area (Å²) < 4.78 is 32.5. The topological polar surface area (TPSA) is 90.4 Å². The maximum Gasteiger partial charge on any atom is 0.316 e. The number of halogens is 2. The molecule has 0 bridgehead atoms. The fourth-order valence-electron chi connectivity index (χ4n) is 2.81. The average molecular weight is 333 g/mol. The van der Waals surface area contributed by atoms with Gasteiger partial charge in [0.15, 0.2) is 0 Å². The Balaban J connectivity index is 1.95. The van der Waals surface area contributed by atoms with Gasteiger partial charge in [0.1, 0.15) is 6.20 Å². The molecule has 0 aromatic carbocycles.